The summed E-state index contributed by atoms with van der Waals surface area (Å²) in [5, 5.41) is 11.7. The minimum absolute atomic E-state index is 0.174. The van der Waals surface area contributed by atoms with E-state index in [9.17, 15) is 4.79 Å². The zero-order valence-electron chi connectivity index (χ0n) is 10.1. The molecule has 5 heteroatoms. The van der Waals surface area contributed by atoms with Gasteiger partial charge in [0.2, 0.25) is 5.91 Å². The molecule has 1 aromatic carbocycles. The number of amides is 1. The van der Waals surface area contributed by atoms with Crippen molar-refractivity contribution in [2.45, 2.75) is 6.54 Å². The fourth-order valence-electron chi connectivity index (χ4n) is 1.69. The van der Waals surface area contributed by atoms with Crippen LogP contribution in [0.5, 0.6) is 5.75 Å². The highest BCUT2D eigenvalue weighted by atomic mass is 16.5. The highest BCUT2D eigenvalue weighted by molar-refractivity contribution is 5.86. The first kappa shape index (κ1) is 12.4. The lowest BCUT2D eigenvalue weighted by atomic mass is 9.87. The lowest BCUT2D eigenvalue weighted by molar-refractivity contribution is -0.150. The van der Waals surface area contributed by atoms with E-state index in [2.05, 4.69) is 5.32 Å². The molecular weight excluding hydrogens is 232 g/mol. The normalized spacial score (nSPS) is 16.2. The van der Waals surface area contributed by atoms with Crippen LogP contribution in [0.25, 0.3) is 0 Å². The molecule has 1 saturated heterocycles. The van der Waals surface area contributed by atoms with Gasteiger partial charge >= 0.3 is 0 Å². The standard InChI is InChI=1S/C13H14N2O3/c1-17-11-4-2-3-10(5-11)6-15-12(16)13(7-14)8-18-9-13/h2-5H,6,8-9H2,1H3,(H,15,16). The van der Waals surface area contributed by atoms with Gasteiger partial charge in [0, 0.05) is 6.54 Å². The first-order chi connectivity index (χ1) is 8.70. The number of rotatable bonds is 4. The molecule has 18 heavy (non-hydrogen) atoms. The lowest BCUT2D eigenvalue weighted by Gasteiger charge is -2.33. The smallest absolute Gasteiger partial charge is 0.245 e. The van der Waals surface area contributed by atoms with Crippen molar-refractivity contribution in [1.29, 1.82) is 5.26 Å². The molecule has 2 rings (SSSR count). The first-order valence-electron chi connectivity index (χ1n) is 5.60. The third kappa shape index (κ3) is 2.29. The average Bonchev–Trinajstić information content (AvgIpc) is 2.36. The van der Waals surface area contributed by atoms with Crippen LogP contribution in [0, 0.1) is 16.7 Å². The third-order valence-corrected chi connectivity index (χ3v) is 2.93. The molecule has 94 valence electrons. The van der Waals surface area contributed by atoms with Gasteiger partial charge in [0.05, 0.1) is 26.4 Å². The molecule has 0 unspecified atom stereocenters. The van der Waals surface area contributed by atoms with E-state index in [1.54, 1.807) is 7.11 Å². The van der Waals surface area contributed by atoms with E-state index in [1.807, 2.05) is 30.3 Å². The lowest BCUT2D eigenvalue weighted by Crippen LogP contribution is -2.52. The second-order valence-electron chi connectivity index (χ2n) is 4.22. The van der Waals surface area contributed by atoms with E-state index in [0.29, 0.717) is 6.54 Å². The molecule has 1 fully saturated rings. The van der Waals surface area contributed by atoms with E-state index in [0.717, 1.165) is 11.3 Å². The van der Waals surface area contributed by atoms with Gasteiger partial charge in [0.15, 0.2) is 5.41 Å². The SMILES string of the molecule is COc1cccc(CNC(=O)C2(C#N)COC2)c1. The van der Waals surface area contributed by atoms with Gasteiger partial charge in [0.1, 0.15) is 5.75 Å². The molecule has 5 nitrogen and oxygen atoms in total. The van der Waals surface area contributed by atoms with Crippen molar-refractivity contribution in [3.05, 3.63) is 29.8 Å². The van der Waals surface area contributed by atoms with E-state index in [-0.39, 0.29) is 19.1 Å². The summed E-state index contributed by atoms with van der Waals surface area (Å²) in [7, 11) is 1.59. The molecule has 1 aromatic rings. The van der Waals surface area contributed by atoms with Crippen LogP contribution in [0.15, 0.2) is 24.3 Å². The number of carbonyl (C=O) groups is 1. The summed E-state index contributed by atoms with van der Waals surface area (Å²) in [6.07, 6.45) is 0. The monoisotopic (exact) mass is 246 g/mol. The Bertz CT molecular complexity index is 489. The minimum Gasteiger partial charge on any atom is -0.497 e. The van der Waals surface area contributed by atoms with Crippen LogP contribution in [0.3, 0.4) is 0 Å². The fourth-order valence-corrected chi connectivity index (χ4v) is 1.69. The minimum atomic E-state index is -1.00. The van der Waals surface area contributed by atoms with Crippen molar-refractivity contribution in [3.63, 3.8) is 0 Å². The molecule has 0 bridgehead atoms. The van der Waals surface area contributed by atoms with Crippen LogP contribution in [0.4, 0.5) is 0 Å². The van der Waals surface area contributed by atoms with Crippen LogP contribution in [0.1, 0.15) is 5.56 Å². The Morgan fingerprint density at radius 2 is 2.39 bits per heavy atom. The summed E-state index contributed by atoms with van der Waals surface area (Å²) in [5.41, 5.74) is -0.0742. The third-order valence-electron chi connectivity index (χ3n) is 2.93. The molecule has 0 atom stereocenters. The highest BCUT2D eigenvalue weighted by Crippen LogP contribution is 2.26. The summed E-state index contributed by atoms with van der Waals surface area (Å²) < 4.78 is 10.0. The Morgan fingerprint density at radius 1 is 1.61 bits per heavy atom. The maximum Gasteiger partial charge on any atom is 0.245 e. The van der Waals surface area contributed by atoms with Crippen molar-refractivity contribution in [3.8, 4) is 11.8 Å². The van der Waals surface area contributed by atoms with Crippen LogP contribution in [-0.2, 0) is 16.1 Å². The number of nitrogens with zero attached hydrogens (tertiary/aromatic N) is 1. The van der Waals surface area contributed by atoms with Crippen LogP contribution in [-0.4, -0.2) is 26.2 Å². The number of nitriles is 1. The number of hydrogen-bond acceptors (Lipinski definition) is 4. The number of carbonyl (C=O) groups excluding carboxylic acids is 1. The number of ether oxygens (including phenoxy) is 2. The molecule has 0 spiro atoms. The first-order valence-corrected chi connectivity index (χ1v) is 5.60. The van der Waals surface area contributed by atoms with E-state index in [4.69, 9.17) is 14.7 Å². The Kier molecular flexibility index (Phi) is 3.49. The van der Waals surface area contributed by atoms with Gasteiger partial charge in [-0.1, -0.05) is 12.1 Å². The van der Waals surface area contributed by atoms with Crippen molar-refractivity contribution >= 4 is 5.91 Å². The number of nitrogens with one attached hydrogen (secondary N) is 1. The topological polar surface area (TPSA) is 71.3 Å². The predicted octanol–water partition coefficient (Wildman–Crippen LogP) is 0.852. The maximum atomic E-state index is 11.9. The van der Waals surface area contributed by atoms with E-state index in [1.165, 1.54) is 0 Å². The fraction of sp³-hybridized carbons (Fsp3) is 0.385. The molecule has 1 amide bonds. The van der Waals surface area contributed by atoms with Crippen LogP contribution >= 0.6 is 0 Å². The second-order valence-corrected chi connectivity index (χ2v) is 4.22. The van der Waals surface area contributed by atoms with Gasteiger partial charge in [0.25, 0.3) is 0 Å². The zero-order valence-corrected chi connectivity index (χ0v) is 10.1. The number of benzene rings is 1. The molecule has 0 aromatic heterocycles. The van der Waals surface area contributed by atoms with Gasteiger partial charge in [-0.25, -0.2) is 0 Å². The molecular formula is C13H14N2O3. The molecule has 0 aliphatic carbocycles. The van der Waals surface area contributed by atoms with Gasteiger partial charge in [-0.05, 0) is 17.7 Å². The number of hydrogen-bond donors (Lipinski definition) is 1. The zero-order chi connectivity index (χ0) is 13.0. The Balaban J connectivity index is 1.95. The summed E-state index contributed by atoms with van der Waals surface area (Å²) >= 11 is 0. The van der Waals surface area contributed by atoms with Gasteiger partial charge in [-0.3, -0.25) is 4.79 Å². The van der Waals surface area contributed by atoms with Gasteiger partial charge in [-0.2, -0.15) is 5.26 Å². The van der Waals surface area contributed by atoms with Gasteiger partial charge < -0.3 is 14.8 Å². The van der Waals surface area contributed by atoms with Crippen molar-refractivity contribution in [1.82, 2.24) is 5.32 Å². The molecule has 1 aliphatic rings. The second kappa shape index (κ2) is 5.07. The van der Waals surface area contributed by atoms with E-state index < -0.39 is 5.41 Å². The van der Waals surface area contributed by atoms with Crippen molar-refractivity contribution in [2.24, 2.45) is 5.41 Å². The largest absolute Gasteiger partial charge is 0.497 e. The summed E-state index contributed by atoms with van der Waals surface area (Å²) in [6, 6.07) is 9.43. The van der Waals surface area contributed by atoms with Crippen molar-refractivity contribution in [2.75, 3.05) is 20.3 Å². The summed E-state index contributed by atoms with van der Waals surface area (Å²) in [4.78, 5) is 11.9. The Morgan fingerprint density at radius 3 is 2.94 bits per heavy atom. The summed E-state index contributed by atoms with van der Waals surface area (Å²) in [5.74, 6) is 0.461. The summed E-state index contributed by atoms with van der Waals surface area (Å²) in [6.45, 7) is 0.723. The maximum absolute atomic E-state index is 11.9. The average molecular weight is 246 g/mol. The van der Waals surface area contributed by atoms with Crippen LogP contribution < -0.4 is 10.1 Å². The van der Waals surface area contributed by atoms with Crippen molar-refractivity contribution < 1.29 is 14.3 Å². The predicted molar refractivity (Wildman–Crippen MR) is 63.7 cm³/mol. The molecule has 0 saturated carbocycles. The Hall–Kier alpha value is -2.06. The molecule has 1 heterocycles. The number of methoxy groups -OCH3 is 1. The quantitative estimate of drug-likeness (QED) is 0.855. The van der Waals surface area contributed by atoms with Gasteiger partial charge in [-0.15, -0.1) is 0 Å². The Labute approximate surface area is 105 Å². The highest BCUT2D eigenvalue weighted by Gasteiger charge is 2.46. The molecule has 0 radical (unpaired) electrons. The van der Waals surface area contributed by atoms with E-state index >= 15 is 0 Å². The molecule has 1 aliphatic heterocycles. The van der Waals surface area contributed by atoms with Crippen LogP contribution in [0.2, 0.25) is 0 Å². The molecule has 1 N–H and O–H groups in total.